The van der Waals surface area contributed by atoms with Crippen molar-refractivity contribution in [3.05, 3.63) is 71.8 Å². The van der Waals surface area contributed by atoms with Crippen molar-refractivity contribution < 1.29 is 9.05 Å². The van der Waals surface area contributed by atoms with Gasteiger partial charge in [0.25, 0.3) is 0 Å². The molecular weight excluding hydrogens is 327 g/mol. The first-order valence-electron chi connectivity index (χ1n) is 9.49. The van der Waals surface area contributed by atoms with Crippen LogP contribution in [0, 0.1) is 0 Å². The first-order valence-corrected chi connectivity index (χ1v) is 10.9. The minimum Gasteiger partial charge on any atom is -0.334 e. The summed E-state index contributed by atoms with van der Waals surface area (Å²) >= 11 is 0. The van der Waals surface area contributed by atoms with Gasteiger partial charge >= 0.3 is 0 Å². The molecule has 0 aromatic heterocycles. The molecule has 0 saturated heterocycles. The lowest BCUT2D eigenvalue weighted by Crippen LogP contribution is -1.98. The molecule has 0 unspecified atom stereocenters. The lowest BCUT2D eigenvalue weighted by atomic mass is 10.1. The van der Waals surface area contributed by atoms with Gasteiger partial charge in [-0.05, 0) is 49.7 Å². The Morgan fingerprint density at radius 2 is 1.08 bits per heavy atom. The zero-order chi connectivity index (χ0) is 17.6. The lowest BCUT2D eigenvalue weighted by Gasteiger charge is -2.15. The van der Waals surface area contributed by atoms with Gasteiger partial charge in [-0.3, -0.25) is 0 Å². The quantitative estimate of drug-likeness (QED) is 0.305. The Kier molecular flexibility index (Phi) is 10.5. The highest BCUT2D eigenvalue weighted by Gasteiger charge is 2.07. The summed E-state index contributed by atoms with van der Waals surface area (Å²) in [6.07, 6.45) is 7.80. The van der Waals surface area contributed by atoms with E-state index in [0.29, 0.717) is 0 Å². The zero-order valence-electron chi connectivity index (χ0n) is 15.4. The van der Waals surface area contributed by atoms with Crippen LogP contribution in [-0.2, 0) is 21.9 Å². The first kappa shape index (κ1) is 20.1. The van der Waals surface area contributed by atoms with Gasteiger partial charge in [0.15, 0.2) is 8.38 Å². The molecule has 136 valence electrons. The molecule has 0 spiro atoms. The van der Waals surface area contributed by atoms with Gasteiger partial charge < -0.3 is 9.05 Å². The Morgan fingerprint density at radius 1 is 0.640 bits per heavy atom. The summed E-state index contributed by atoms with van der Waals surface area (Å²) in [4.78, 5) is 0. The predicted octanol–water partition coefficient (Wildman–Crippen LogP) is 6.40. The summed E-state index contributed by atoms with van der Waals surface area (Å²) in [6, 6.07) is 21.3. The minimum atomic E-state index is -0.700. The van der Waals surface area contributed by atoms with Crippen molar-refractivity contribution >= 4 is 8.38 Å². The van der Waals surface area contributed by atoms with E-state index >= 15 is 0 Å². The number of hydrogen-bond donors (Lipinski definition) is 0. The molecule has 25 heavy (non-hydrogen) atoms. The highest BCUT2D eigenvalue weighted by Crippen LogP contribution is 2.38. The third-order valence-corrected chi connectivity index (χ3v) is 5.59. The Morgan fingerprint density at radius 3 is 1.48 bits per heavy atom. The molecule has 0 fully saturated rings. The Balaban J connectivity index is 1.47. The standard InChI is InChI=1S/C22H31O2P/c1-2-25(23-19-11-9-17-21-13-5-3-6-14-21)24-20-12-10-18-22-15-7-4-8-16-22/h3-8,13-16H,2,9-12,17-20H2,1H3. The van der Waals surface area contributed by atoms with Crippen molar-refractivity contribution in [3.8, 4) is 0 Å². The van der Waals surface area contributed by atoms with Crippen molar-refractivity contribution in [2.24, 2.45) is 0 Å². The molecule has 0 heterocycles. The van der Waals surface area contributed by atoms with E-state index in [1.54, 1.807) is 0 Å². The number of rotatable bonds is 13. The molecule has 3 heteroatoms. The number of benzene rings is 2. The fraction of sp³-hybridized carbons (Fsp3) is 0.455. The van der Waals surface area contributed by atoms with Crippen LogP contribution < -0.4 is 0 Å². The molecule has 0 bridgehead atoms. The van der Waals surface area contributed by atoms with Crippen LogP contribution in [0.2, 0.25) is 0 Å². The largest absolute Gasteiger partial charge is 0.334 e. The van der Waals surface area contributed by atoms with E-state index in [2.05, 4.69) is 67.6 Å². The highest BCUT2D eigenvalue weighted by molar-refractivity contribution is 7.47. The molecule has 2 aromatic rings. The maximum Gasteiger partial charge on any atom is 0.170 e. The summed E-state index contributed by atoms with van der Waals surface area (Å²) in [6.45, 7) is 3.78. The van der Waals surface area contributed by atoms with Gasteiger partial charge in [0, 0.05) is 6.16 Å². The van der Waals surface area contributed by atoms with E-state index in [0.717, 1.165) is 45.1 Å². The van der Waals surface area contributed by atoms with Crippen molar-refractivity contribution in [2.75, 3.05) is 19.4 Å². The third kappa shape index (κ3) is 9.16. The van der Waals surface area contributed by atoms with Gasteiger partial charge in [-0.1, -0.05) is 67.6 Å². The Labute approximate surface area is 154 Å². The molecule has 0 atom stereocenters. The van der Waals surface area contributed by atoms with Gasteiger partial charge in [-0.25, -0.2) is 0 Å². The van der Waals surface area contributed by atoms with Crippen LogP contribution in [0.25, 0.3) is 0 Å². The van der Waals surface area contributed by atoms with Crippen molar-refractivity contribution in [1.82, 2.24) is 0 Å². The monoisotopic (exact) mass is 358 g/mol. The zero-order valence-corrected chi connectivity index (χ0v) is 16.3. The van der Waals surface area contributed by atoms with Crippen molar-refractivity contribution in [1.29, 1.82) is 0 Å². The van der Waals surface area contributed by atoms with Gasteiger partial charge in [0.1, 0.15) is 0 Å². The number of aryl methyl sites for hydroxylation is 2. The molecule has 2 rings (SSSR count). The molecule has 0 saturated carbocycles. The van der Waals surface area contributed by atoms with Gasteiger partial charge in [-0.2, -0.15) is 0 Å². The van der Waals surface area contributed by atoms with Crippen LogP contribution in [0.15, 0.2) is 60.7 Å². The van der Waals surface area contributed by atoms with Crippen LogP contribution >= 0.6 is 8.38 Å². The van der Waals surface area contributed by atoms with Gasteiger partial charge in [-0.15, -0.1) is 0 Å². The average Bonchev–Trinajstić information content (AvgIpc) is 2.67. The normalized spacial score (nSPS) is 11.1. The Hall–Kier alpha value is -1.21. The summed E-state index contributed by atoms with van der Waals surface area (Å²) in [5.41, 5.74) is 2.82. The van der Waals surface area contributed by atoms with Gasteiger partial charge in [0.2, 0.25) is 0 Å². The summed E-state index contributed by atoms with van der Waals surface area (Å²) < 4.78 is 11.9. The fourth-order valence-electron chi connectivity index (χ4n) is 2.70. The first-order chi connectivity index (χ1) is 12.4. The van der Waals surface area contributed by atoms with E-state index in [-0.39, 0.29) is 0 Å². The second-order valence-electron chi connectivity index (χ2n) is 6.20. The van der Waals surface area contributed by atoms with Crippen molar-refractivity contribution in [3.63, 3.8) is 0 Å². The minimum absolute atomic E-state index is 0.700. The second-order valence-corrected chi connectivity index (χ2v) is 8.02. The lowest BCUT2D eigenvalue weighted by molar-refractivity contribution is 0.242. The van der Waals surface area contributed by atoms with Crippen LogP contribution in [0.1, 0.15) is 43.7 Å². The number of hydrogen-bond acceptors (Lipinski definition) is 2. The second kappa shape index (κ2) is 13.1. The molecule has 0 aliphatic carbocycles. The van der Waals surface area contributed by atoms with Gasteiger partial charge in [0.05, 0.1) is 13.2 Å². The van der Waals surface area contributed by atoms with E-state index in [9.17, 15) is 0 Å². The molecular formula is C22H31O2P. The molecule has 2 aromatic carbocycles. The predicted molar refractivity (Wildman–Crippen MR) is 108 cm³/mol. The summed E-state index contributed by atoms with van der Waals surface area (Å²) in [5, 5.41) is 0. The third-order valence-electron chi connectivity index (χ3n) is 4.13. The molecule has 0 aliphatic rings. The smallest absolute Gasteiger partial charge is 0.170 e. The Bertz CT molecular complexity index is 495. The van der Waals surface area contributed by atoms with E-state index in [1.807, 2.05) is 0 Å². The summed E-state index contributed by atoms with van der Waals surface area (Å²) in [5.74, 6) is 0. The van der Waals surface area contributed by atoms with Crippen LogP contribution in [0.5, 0.6) is 0 Å². The van der Waals surface area contributed by atoms with Crippen molar-refractivity contribution in [2.45, 2.75) is 45.4 Å². The molecule has 0 amide bonds. The van der Waals surface area contributed by atoms with E-state index < -0.39 is 8.38 Å². The summed E-state index contributed by atoms with van der Waals surface area (Å²) in [7, 11) is -0.700. The fourth-order valence-corrected chi connectivity index (χ4v) is 3.81. The average molecular weight is 358 g/mol. The molecule has 0 N–H and O–H groups in total. The van der Waals surface area contributed by atoms with Crippen LogP contribution in [0.3, 0.4) is 0 Å². The maximum absolute atomic E-state index is 5.94. The maximum atomic E-state index is 5.94. The van der Waals surface area contributed by atoms with E-state index in [4.69, 9.17) is 9.05 Å². The molecule has 0 aliphatic heterocycles. The van der Waals surface area contributed by atoms with Crippen LogP contribution in [0.4, 0.5) is 0 Å². The van der Waals surface area contributed by atoms with E-state index in [1.165, 1.54) is 24.0 Å². The highest BCUT2D eigenvalue weighted by atomic mass is 31.2. The topological polar surface area (TPSA) is 18.5 Å². The van der Waals surface area contributed by atoms with Crippen LogP contribution in [-0.4, -0.2) is 19.4 Å². The SMILES string of the molecule is CCP(OCCCCc1ccccc1)OCCCCc1ccccc1. The molecule has 0 radical (unpaired) electrons. The molecule has 2 nitrogen and oxygen atoms in total. The number of unbranched alkanes of at least 4 members (excludes halogenated alkanes) is 2.